The molecule has 1 atom stereocenters. The van der Waals surface area contributed by atoms with Gasteiger partial charge < -0.3 is 10.6 Å². The summed E-state index contributed by atoms with van der Waals surface area (Å²) in [5, 5.41) is 7.23. The lowest BCUT2D eigenvalue weighted by molar-refractivity contribution is 0.220. The molecule has 0 radical (unpaired) electrons. The zero-order chi connectivity index (χ0) is 12.1. The average molecular weight is 238 g/mol. The summed E-state index contributed by atoms with van der Waals surface area (Å²) in [7, 11) is 0. The van der Waals surface area contributed by atoms with E-state index in [1.807, 2.05) is 0 Å². The summed E-state index contributed by atoms with van der Waals surface area (Å²) >= 11 is 0. The smallest absolute Gasteiger partial charge is 0.000803 e. The Hall–Kier alpha value is -0.0800. The second-order valence-corrected chi connectivity index (χ2v) is 6.79. The highest BCUT2D eigenvalue weighted by atomic mass is 14.9. The van der Waals surface area contributed by atoms with E-state index in [4.69, 9.17) is 0 Å². The van der Waals surface area contributed by atoms with Crippen molar-refractivity contribution < 1.29 is 0 Å². The van der Waals surface area contributed by atoms with Gasteiger partial charge in [-0.05, 0) is 62.6 Å². The molecule has 0 aromatic carbocycles. The van der Waals surface area contributed by atoms with Crippen LogP contribution >= 0.6 is 0 Å². The van der Waals surface area contributed by atoms with E-state index >= 15 is 0 Å². The molecular weight excluding hydrogens is 208 g/mol. The average Bonchev–Trinajstić information content (AvgIpc) is 2.89. The summed E-state index contributed by atoms with van der Waals surface area (Å²) in [4.78, 5) is 0. The van der Waals surface area contributed by atoms with Crippen LogP contribution in [-0.4, -0.2) is 26.2 Å². The quantitative estimate of drug-likeness (QED) is 0.743. The molecule has 17 heavy (non-hydrogen) atoms. The molecule has 2 nitrogen and oxygen atoms in total. The second-order valence-electron chi connectivity index (χ2n) is 6.79. The fourth-order valence-corrected chi connectivity index (χ4v) is 3.87. The molecule has 1 aliphatic heterocycles. The van der Waals surface area contributed by atoms with Crippen molar-refractivity contribution in [1.82, 2.24) is 10.6 Å². The molecule has 2 rings (SSSR count). The van der Waals surface area contributed by atoms with E-state index in [0.29, 0.717) is 5.41 Å². The molecule has 1 heterocycles. The molecule has 1 saturated heterocycles. The highest BCUT2D eigenvalue weighted by Crippen LogP contribution is 2.42. The molecule has 1 saturated carbocycles. The van der Waals surface area contributed by atoms with Crippen molar-refractivity contribution in [2.24, 2.45) is 17.3 Å². The van der Waals surface area contributed by atoms with E-state index in [1.54, 1.807) is 0 Å². The molecule has 0 amide bonds. The molecule has 2 aliphatic rings. The van der Waals surface area contributed by atoms with Crippen molar-refractivity contribution in [2.75, 3.05) is 26.2 Å². The van der Waals surface area contributed by atoms with Gasteiger partial charge in [0.1, 0.15) is 0 Å². The minimum atomic E-state index is 0.639. The Morgan fingerprint density at radius 1 is 1.29 bits per heavy atom. The van der Waals surface area contributed by atoms with Crippen LogP contribution in [0.15, 0.2) is 0 Å². The van der Waals surface area contributed by atoms with Gasteiger partial charge >= 0.3 is 0 Å². The standard InChI is InChI=1S/C15H30N2/c1-13(2)9-15(6-3-4-7-15)12-17-11-14-5-8-16-10-14/h13-14,16-17H,3-12H2,1-2H3. The molecule has 0 aromatic rings. The molecule has 2 fully saturated rings. The van der Waals surface area contributed by atoms with Crippen molar-refractivity contribution in [2.45, 2.75) is 52.4 Å². The number of hydrogen-bond donors (Lipinski definition) is 2. The van der Waals surface area contributed by atoms with E-state index in [2.05, 4.69) is 24.5 Å². The zero-order valence-electron chi connectivity index (χ0n) is 11.7. The molecular formula is C15H30N2. The third-order valence-corrected chi connectivity index (χ3v) is 4.60. The van der Waals surface area contributed by atoms with E-state index in [9.17, 15) is 0 Å². The minimum absolute atomic E-state index is 0.639. The van der Waals surface area contributed by atoms with Crippen LogP contribution in [0.25, 0.3) is 0 Å². The summed E-state index contributed by atoms with van der Waals surface area (Å²) in [6, 6.07) is 0. The van der Waals surface area contributed by atoms with Gasteiger partial charge in [-0.3, -0.25) is 0 Å². The van der Waals surface area contributed by atoms with E-state index in [1.165, 1.54) is 64.7 Å². The lowest BCUT2D eigenvalue weighted by Crippen LogP contribution is -2.36. The van der Waals surface area contributed by atoms with Gasteiger partial charge in [0, 0.05) is 6.54 Å². The summed E-state index contributed by atoms with van der Waals surface area (Å²) in [5.74, 6) is 1.73. The fourth-order valence-electron chi connectivity index (χ4n) is 3.87. The zero-order valence-corrected chi connectivity index (χ0v) is 11.7. The fraction of sp³-hybridized carbons (Fsp3) is 1.00. The Balaban J connectivity index is 1.73. The Kier molecular flexibility index (Phi) is 4.87. The maximum Gasteiger partial charge on any atom is 0.000803 e. The maximum absolute atomic E-state index is 3.78. The number of rotatable bonds is 6. The largest absolute Gasteiger partial charge is 0.316 e. The minimum Gasteiger partial charge on any atom is -0.316 e. The molecule has 0 spiro atoms. The Bertz CT molecular complexity index is 213. The molecule has 100 valence electrons. The van der Waals surface area contributed by atoms with Crippen LogP contribution in [0, 0.1) is 17.3 Å². The highest BCUT2D eigenvalue weighted by Gasteiger charge is 2.34. The molecule has 0 aromatic heterocycles. The molecule has 2 heteroatoms. The van der Waals surface area contributed by atoms with Crippen LogP contribution in [0.4, 0.5) is 0 Å². The third kappa shape index (κ3) is 3.96. The summed E-state index contributed by atoms with van der Waals surface area (Å²) in [6.45, 7) is 9.70. The lowest BCUT2D eigenvalue weighted by atomic mass is 9.78. The topological polar surface area (TPSA) is 24.1 Å². The van der Waals surface area contributed by atoms with E-state index in [-0.39, 0.29) is 0 Å². The van der Waals surface area contributed by atoms with E-state index < -0.39 is 0 Å². The summed E-state index contributed by atoms with van der Waals surface area (Å²) < 4.78 is 0. The first-order valence-corrected chi connectivity index (χ1v) is 7.62. The van der Waals surface area contributed by atoms with Gasteiger partial charge in [-0.1, -0.05) is 26.7 Å². The molecule has 1 aliphatic carbocycles. The van der Waals surface area contributed by atoms with Crippen molar-refractivity contribution in [3.05, 3.63) is 0 Å². The molecule has 0 bridgehead atoms. The van der Waals surface area contributed by atoms with Crippen LogP contribution in [0.2, 0.25) is 0 Å². The first-order valence-electron chi connectivity index (χ1n) is 7.62. The van der Waals surface area contributed by atoms with E-state index in [0.717, 1.165) is 11.8 Å². The lowest BCUT2D eigenvalue weighted by Gasteiger charge is -2.31. The van der Waals surface area contributed by atoms with Crippen molar-refractivity contribution in [3.63, 3.8) is 0 Å². The highest BCUT2D eigenvalue weighted by molar-refractivity contribution is 4.88. The van der Waals surface area contributed by atoms with Gasteiger partial charge in [0.15, 0.2) is 0 Å². The van der Waals surface area contributed by atoms with Gasteiger partial charge in [-0.25, -0.2) is 0 Å². The van der Waals surface area contributed by atoms with Crippen molar-refractivity contribution in [1.29, 1.82) is 0 Å². The predicted octanol–water partition coefficient (Wildman–Crippen LogP) is 2.79. The summed E-state index contributed by atoms with van der Waals surface area (Å²) in [6.07, 6.45) is 8.62. The normalized spacial score (nSPS) is 28.1. The molecule has 1 unspecified atom stereocenters. The van der Waals surface area contributed by atoms with Crippen LogP contribution in [0.5, 0.6) is 0 Å². The van der Waals surface area contributed by atoms with Gasteiger partial charge in [0.2, 0.25) is 0 Å². The Labute approximate surface area is 107 Å². The Morgan fingerprint density at radius 2 is 2.06 bits per heavy atom. The number of nitrogens with one attached hydrogen (secondary N) is 2. The van der Waals surface area contributed by atoms with Gasteiger partial charge in [0.05, 0.1) is 0 Å². The maximum atomic E-state index is 3.78. The third-order valence-electron chi connectivity index (χ3n) is 4.60. The van der Waals surface area contributed by atoms with Crippen molar-refractivity contribution >= 4 is 0 Å². The molecule has 2 N–H and O–H groups in total. The van der Waals surface area contributed by atoms with Crippen LogP contribution in [0.3, 0.4) is 0 Å². The van der Waals surface area contributed by atoms with Gasteiger partial charge in [0.25, 0.3) is 0 Å². The predicted molar refractivity (Wildman–Crippen MR) is 74.2 cm³/mol. The first kappa shape index (κ1) is 13.4. The second kappa shape index (κ2) is 6.19. The Morgan fingerprint density at radius 3 is 2.65 bits per heavy atom. The van der Waals surface area contributed by atoms with Crippen LogP contribution in [-0.2, 0) is 0 Å². The van der Waals surface area contributed by atoms with Gasteiger partial charge in [-0.2, -0.15) is 0 Å². The van der Waals surface area contributed by atoms with Crippen molar-refractivity contribution in [3.8, 4) is 0 Å². The summed E-state index contributed by atoms with van der Waals surface area (Å²) in [5.41, 5.74) is 0.639. The van der Waals surface area contributed by atoms with Gasteiger partial charge in [-0.15, -0.1) is 0 Å². The monoisotopic (exact) mass is 238 g/mol. The SMILES string of the molecule is CC(C)CC1(CNCC2CCNC2)CCCC1. The number of hydrogen-bond acceptors (Lipinski definition) is 2. The first-order chi connectivity index (χ1) is 8.20. The van der Waals surface area contributed by atoms with Crippen LogP contribution < -0.4 is 10.6 Å². The van der Waals surface area contributed by atoms with Crippen LogP contribution in [0.1, 0.15) is 52.4 Å².